The van der Waals surface area contributed by atoms with Gasteiger partial charge in [0.15, 0.2) is 0 Å². The second-order valence-corrected chi connectivity index (χ2v) is 4.46. The van der Waals surface area contributed by atoms with Crippen LogP contribution in [0.2, 0.25) is 0 Å². The van der Waals surface area contributed by atoms with Crippen molar-refractivity contribution in [3.8, 4) is 5.75 Å². The van der Waals surface area contributed by atoms with Gasteiger partial charge in [0.05, 0.1) is 0 Å². The van der Waals surface area contributed by atoms with Crippen molar-refractivity contribution in [3.63, 3.8) is 0 Å². The molecule has 1 aromatic rings. The lowest BCUT2D eigenvalue weighted by Crippen LogP contribution is -1.90. The number of phenolic OH excluding ortho intramolecular Hbond substituents is 1. The lowest BCUT2D eigenvalue weighted by Gasteiger charge is -2.07. The van der Waals surface area contributed by atoms with Gasteiger partial charge in [0.1, 0.15) is 5.75 Å². The van der Waals surface area contributed by atoms with Crippen LogP contribution in [0, 0.1) is 0 Å². The van der Waals surface area contributed by atoms with Crippen LogP contribution in [0.15, 0.2) is 53.6 Å². The van der Waals surface area contributed by atoms with Crippen molar-refractivity contribution in [1.29, 1.82) is 0 Å². The van der Waals surface area contributed by atoms with E-state index in [0.717, 1.165) is 18.4 Å². The number of aromatic hydroxyl groups is 1. The summed E-state index contributed by atoms with van der Waals surface area (Å²) < 4.78 is 0. The molecule has 0 saturated heterocycles. The lowest BCUT2D eigenvalue weighted by molar-refractivity contribution is 0.289. The van der Waals surface area contributed by atoms with E-state index in [9.17, 15) is 5.11 Å². The number of rotatable bonds is 6. The van der Waals surface area contributed by atoms with Crippen LogP contribution in [0.25, 0.3) is 6.08 Å². The summed E-state index contributed by atoms with van der Waals surface area (Å²) in [5, 5.41) is 18.3. The fourth-order valence-electron chi connectivity index (χ4n) is 1.77. The van der Waals surface area contributed by atoms with Crippen LogP contribution < -0.4 is 0 Å². The number of benzene rings is 1. The standard InChI is InChI=1S/C17H22O2/c1-3-4-6-14(2)16(7-5-12-18)13-15-8-10-17(19)11-9-15/h3-4,6,8-11,13,18-19H,5,7,12H2,1-2H3/b4-3-,14-6+,16-13+. The number of hydrogen-bond acceptors (Lipinski definition) is 2. The van der Waals surface area contributed by atoms with Gasteiger partial charge in [-0.15, -0.1) is 0 Å². The van der Waals surface area contributed by atoms with Gasteiger partial charge in [-0.05, 0) is 55.5 Å². The van der Waals surface area contributed by atoms with E-state index in [0.29, 0.717) is 0 Å². The van der Waals surface area contributed by atoms with Crippen LogP contribution >= 0.6 is 0 Å². The van der Waals surface area contributed by atoms with Crippen molar-refractivity contribution in [1.82, 2.24) is 0 Å². The van der Waals surface area contributed by atoms with Gasteiger partial charge in [-0.1, -0.05) is 36.4 Å². The van der Waals surface area contributed by atoms with Gasteiger partial charge >= 0.3 is 0 Å². The topological polar surface area (TPSA) is 40.5 Å². The summed E-state index contributed by atoms with van der Waals surface area (Å²) in [6, 6.07) is 7.13. The van der Waals surface area contributed by atoms with E-state index in [1.54, 1.807) is 12.1 Å². The van der Waals surface area contributed by atoms with Gasteiger partial charge in [-0.25, -0.2) is 0 Å². The molecule has 0 aliphatic carbocycles. The first-order valence-electron chi connectivity index (χ1n) is 6.57. The minimum atomic E-state index is 0.198. The molecular formula is C17H22O2. The molecule has 0 aliphatic rings. The van der Waals surface area contributed by atoms with Gasteiger partial charge in [-0.2, -0.15) is 0 Å². The molecule has 0 atom stereocenters. The Bertz CT molecular complexity index is 465. The molecule has 1 aromatic carbocycles. The molecular weight excluding hydrogens is 236 g/mol. The Morgan fingerprint density at radius 2 is 1.89 bits per heavy atom. The van der Waals surface area contributed by atoms with Crippen LogP contribution in [0.4, 0.5) is 0 Å². The monoisotopic (exact) mass is 258 g/mol. The quantitative estimate of drug-likeness (QED) is 0.755. The zero-order valence-corrected chi connectivity index (χ0v) is 11.6. The van der Waals surface area contributed by atoms with Crippen LogP contribution in [-0.4, -0.2) is 16.8 Å². The molecule has 0 fully saturated rings. The molecule has 0 bridgehead atoms. The van der Waals surface area contributed by atoms with E-state index in [1.165, 1.54) is 11.1 Å². The highest BCUT2D eigenvalue weighted by Gasteiger charge is 2.01. The van der Waals surface area contributed by atoms with Crippen molar-refractivity contribution in [3.05, 3.63) is 59.2 Å². The second kappa shape index (κ2) is 8.33. The first-order valence-corrected chi connectivity index (χ1v) is 6.57. The Morgan fingerprint density at radius 1 is 1.21 bits per heavy atom. The molecule has 2 N–H and O–H groups in total. The van der Waals surface area contributed by atoms with Crippen molar-refractivity contribution in [2.75, 3.05) is 6.61 Å². The van der Waals surface area contributed by atoms with Crippen LogP contribution in [0.3, 0.4) is 0 Å². The van der Waals surface area contributed by atoms with Crippen LogP contribution in [0.1, 0.15) is 32.3 Å². The van der Waals surface area contributed by atoms with Gasteiger partial charge in [0.2, 0.25) is 0 Å². The Hall–Kier alpha value is -1.80. The fraction of sp³-hybridized carbons (Fsp3) is 0.294. The molecule has 19 heavy (non-hydrogen) atoms. The minimum absolute atomic E-state index is 0.198. The molecule has 0 aromatic heterocycles. The average molecular weight is 258 g/mol. The minimum Gasteiger partial charge on any atom is -0.508 e. The molecule has 1 rings (SSSR count). The zero-order chi connectivity index (χ0) is 14.1. The molecule has 102 valence electrons. The summed E-state index contributed by atoms with van der Waals surface area (Å²) in [5.74, 6) is 0.273. The maximum atomic E-state index is 9.28. The molecule has 0 aliphatic heterocycles. The third-order valence-electron chi connectivity index (χ3n) is 2.88. The number of allylic oxidation sites excluding steroid dienone is 5. The zero-order valence-electron chi connectivity index (χ0n) is 11.6. The first kappa shape index (κ1) is 15.3. The molecule has 0 saturated carbocycles. The van der Waals surface area contributed by atoms with E-state index < -0.39 is 0 Å². The van der Waals surface area contributed by atoms with Gasteiger partial charge < -0.3 is 10.2 Å². The molecule has 0 heterocycles. The molecule has 0 spiro atoms. The fourth-order valence-corrected chi connectivity index (χ4v) is 1.77. The largest absolute Gasteiger partial charge is 0.508 e. The van der Waals surface area contributed by atoms with Crippen LogP contribution in [-0.2, 0) is 0 Å². The number of hydrogen-bond donors (Lipinski definition) is 2. The Balaban J connectivity index is 2.98. The summed E-state index contributed by atoms with van der Waals surface area (Å²) in [5.41, 5.74) is 3.46. The normalized spacial score (nSPS) is 13.2. The van der Waals surface area contributed by atoms with Gasteiger partial charge in [-0.3, -0.25) is 0 Å². The van der Waals surface area contributed by atoms with Crippen molar-refractivity contribution >= 4 is 6.08 Å². The number of aliphatic hydroxyl groups is 1. The second-order valence-electron chi connectivity index (χ2n) is 4.46. The highest BCUT2D eigenvalue weighted by Crippen LogP contribution is 2.21. The van der Waals surface area contributed by atoms with Crippen molar-refractivity contribution in [2.45, 2.75) is 26.7 Å². The Labute approximate surface area is 115 Å². The molecule has 2 nitrogen and oxygen atoms in total. The van der Waals surface area contributed by atoms with E-state index in [2.05, 4.69) is 19.1 Å². The average Bonchev–Trinajstić information content (AvgIpc) is 2.42. The summed E-state index contributed by atoms with van der Waals surface area (Å²) in [7, 11) is 0. The molecule has 0 radical (unpaired) electrons. The van der Waals surface area contributed by atoms with Gasteiger partial charge in [0.25, 0.3) is 0 Å². The van der Waals surface area contributed by atoms with E-state index in [4.69, 9.17) is 5.11 Å². The van der Waals surface area contributed by atoms with E-state index in [-0.39, 0.29) is 12.4 Å². The maximum Gasteiger partial charge on any atom is 0.115 e. The molecule has 2 heteroatoms. The summed E-state index contributed by atoms with van der Waals surface area (Å²) in [4.78, 5) is 0. The summed E-state index contributed by atoms with van der Waals surface area (Å²) in [6.07, 6.45) is 9.78. The smallest absolute Gasteiger partial charge is 0.115 e. The highest BCUT2D eigenvalue weighted by atomic mass is 16.3. The van der Waals surface area contributed by atoms with Crippen molar-refractivity contribution in [2.24, 2.45) is 0 Å². The predicted molar refractivity (Wildman–Crippen MR) is 81.0 cm³/mol. The van der Waals surface area contributed by atoms with Crippen LogP contribution in [0.5, 0.6) is 5.75 Å². The van der Waals surface area contributed by atoms with Crippen molar-refractivity contribution < 1.29 is 10.2 Å². The Kier molecular flexibility index (Phi) is 6.69. The maximum absolute atomic E-state index is 9.28. The predicted octanol–water partition coefficient (Wildman–Crippen LogP) is 4.07. The van der Waals surface area contributed by atoms with Gasteiger partial charge in [0, 0.05) is 6.61 Å². The summed E-state index contributed by atoms with van der Waals surface area (Å²) >= 11 is 0. The number of phenols is 1. The van der Waals surface area contributed by atoms with E-state index in [1.807, 2.05) is 31.2 Å². The third kappa shape index (κ3) is 5.58. The number of aliphatic hydroxyl groups excluding tert-OH is 1. The lowest BCUT2D eigenvalue weighted by atomic mass is 9.99. The Morgan fingerprint density at radius 3 is 2.47 bits per heavy atom. The SMILES string of the molecule is C\C=C/C=C(C)/C(=C/c1ccc(O)cc1)CCCO. The third-order valence-corrected chi connectivity index (χ3v) is 2.88. The first-order chi connectivity index (χ1) is 9.17. The molecule has 0 amide bonds. The summed E-state index contributed by atoms with van der Waals surface area (Å²) in [6.45, 7) is 4.26. The molecule has 0 unspecified atom stereocenters. The highest BCUT2D eigenvalue weighted by molar-refractivity contribution is 5.59. The van der Waals surface area contributed by atoms with E-state index >= 15 is 0 Å².